The van der Waals surface area contributed by atoms with Crippen molar-refractivity contribution in [1.82, 2.24) is 78.8 Å². The maximum atomic E-state index is 11.0. The van der Waals surface area contributed by atoms with Crippen LogP contribution < -0.4 is 5.32 Å². The van der Waals surface area contributed by atoms with E-state index < -0.39 is 0 Å². The number of rotatable bonds is 6. The average molecular weight is 1980 g/mol. The predicted molar refractivity (Wildman–Crippen MR) is 605 cm³/mol. The van der Waals surface area contributed by atoms with E-state index in [1.54, 1.807) is 18.9 Å². The first-order valence-electron chi connectivity index (χ1n) is 57.1. The minimum atomic E-state index is -0.210. The molecule has 0 bridgehead atoms. The summed E-state index contributed by atoms with van der Waals surface area (Å²) in [5.74, 6) is 6.67. The van der Waals surface area contributed by atoms with Crippen molar-refractivity contribution in [3.8, 4) is 0 Å². The first kappa shape index (κ1) is 138. The van der Waals surface area contributed by atoms with E-state index in [9.17, 15) is 9.59 Å². The van der Waals surface area contributed by atoms with Crippen molar-refractivity contribution >= 4 is 11.9 Å². The molecule has 0 spiro atoms. The number of piperidine rings is 9. The van der Waals surface area contributed by atoms with Crippen molar-refractivity contribution in [1.29, 1.82) is 0 Å². The first-order chi connectivity index (χ1) is 65.5. The van der Waals surface area contributed by atoms with E-state index >= 15 is 0 Å². The number of aliphatic hydroxyl groups is 3. The fourth-order valence-corrected chi connectivity index (χ4v) is 18.4. The molecule has 1 amide bonds. The molecule has 16 fully saturated rings. The SMILES string of the molecule is C=C(C)N1CCN(C)CC1.C=C(O)C1CCN(C)CC1.CC(=O)C1CCN(C)CC1.CC(C)(C)C.CC1CC1.CC1CCCCC1.CC1CCCCC1.CCC1CCN(C)CC1.CCC1CCN(C)CC1.CCOC.CN1CC(C)(C)C1.CN1CCC(C)(C)CC1.CN1CCC(O)CC1.CN1CCCC(O)C1.CN1CCCCC1.CN1CCCCC1.CN1CCNCC1.COC(=O)N1CCN(C)CC1. The van der Waals surface area contributed by atoms with Crippen molar-refractivity contribution in [2.75, 3.05) is 322 Å². The van der Waals surface area contributed by atoms with Crippen LogP contribution in [0.15, 0.2) is 24.6 Å². The average Bonchev–Trinajstić information content (AvgIpc) is 1.82. The molecule has 13 aliphatic heterocycles. The number of Topliss-reactive ketones (excluding diaryl/α,β-unsaturated/α-hetero) is 1. The van der Waals surface area contributed by atoms with Crippen LogP contribution in [0.4, 0.5) is 4.79 Å². The highest BCUT2D eigenvalue weighted by atomic mass is 16.5. The van der Waals surface area contributed by atoms with Crippen LogP contribution in [0.5, 0.6) is 0 Å². The van der Waals surface area contributed by atoms with Crippen molar-refractivity contribution in [3.63, 3.8) is 0 Å². The lowest BCUT2D eigenvalue weighted by molar-refractivity contribution is -0.122. The molecule has 13 heterocycles. The number of ketones is 1. The lowest BCUT2D eigenvalue weighted by Crippen LogP contribution is -2.50. The molecular formula is C116H244N16O7. The standard InChI is InChI=1S/C8H16N2.2C8H15NO.3C8H17N.C7H14N2O2.2C7H14.2C6H13NO.3C6H13N.C5H12N2.C5H12.C4H8.C3H8O/c1-8(2)10-6-4-9(3)5-7-10;2*1-7(10)8-3-5-9(2)6-4-8;1-8(2)4-6-9(3)7-5-8;2*1-3-8-4-6-9(2)7-5-8;1-8-3-5-9(6-4-8)7(10)11-2;2*1-7-5-3-2-4-6-7;1-7-4-2-6(8)3-5-7;1-7-4-2-3-6(8)5-7;1-6(2)4-7(3)5-6;2*1-7-5-3-2-4-6-7;1-7-4-2-6-3-5-7;1-5(2,3)4;1-4-2-3-4;1-3-4-2/h1,4-7H2,2-3H3;8H,3-6H2,1-2H3;8,10H,1,3-6H2,2H3;4-7H2,1-3H3;2*8H,3-7H2,1-2H3;3-6H2,1-2H3;2*7H,2-6H2,1H3;2*6,8H,2-5H2,1H3;4-5H2,1-3H3;2*2-6H2,1H3;6H,2-5H2,1H3;1-4H3;4H,2-3H2,1H3;3H2,1-2H3. The van der Waals surface area contributed by atoms with Crippen molar-refractivity contribution in [2.24, 2.45) is 57.7 Å². The van der Waals surface area contributed by atoms with Crippen molar-refractivity contribution in [3.05, 3.63) is 24.6 Å². The molecule has 830 valence electrons. The maximum absolute atomic E-state index is 11.0. The summed E-state index contributed by atoms with van der Waals surface area (Å²) in [6.45, 7) is 80.6. The summed E-state index contributed by atoms with van der Waals surface area (Å²) in [5, 5.41) is 30.4. The monoisotopic (exact) mass is 1970 g/mol. The van der Waals surface area contributed by atoms with Crippen LogP contribution in [0.1, 0.15) is 329 Å². The summed E-state index contributed by atoms with van der Waals surface area (Å²) < 4.78 is 9.14. The Hall–Kier alpha value is -2.66. The molecule has 139 heavy (non-hydrogen) atoms. The number of carbonyl (C=O) groups is 2. The Kier molecular flexibility index (Phi) is 84.8. The van der Waals surface area contributed by atoms with E-state index in [0.717, 1.165) is 192 Å². The van der Waals surface area contributed by atoms with Gasteiger partial charge in [0, 0.05) is 143 Å². The van der Waals surface area contributed by atoms with Crippen molar-refractivity contribution < 1.29 is 34.4 Å². The number of hydrogen-bond acceptors (Lipinski definition) is 22. The van der Waals surface area contributed by atoms with E-state index in [-0.39, 0.29) is 18.3 Å². The van der Waals surface area contributed by atoms with Crippen LogP contribution in [-0.2, 0) is 14.3 Å². The van der Waals surface area contributed by atoms with Gasteiger partial charge >= 0.3 is 6.09 Å². The second kappa shape index (κ2) is 85.2. The molecule has 23 heteroatoms. The fourth-order valence-electron chi connectivity index (χ4n) is 18.4. The van der Waals surface area contributed by atoms with E-state index in [1.165, 1.54) is 284 Å². The van der Waals surface area contributed by atoms with Gasteiger partial charge in [-0.2, -0.15) is 0 Å². The molecule has 0 aromatic rings. The van der Waals surface area contributed by atoms with Gasteiger partial charge in [0.15, 0.2) is 0 Å². The second-order valence-corrected chi connectivity index (χ2v) is 48.3. The van der Waals surface area contributed by atoms with Gasteiger partial charge in [-0.3, -0.25) is 4.79 Å². The number of ether oxygens (including phenoxy) is 2. The number of likely N-dealkylation sites (tertiary alicyclic amines) is 10. The molecule has 0 aromatic heterocycles. The summed E-state index contributed by atoms with van der Waals surface area (Å²) >= 11 is 0. The highest BCUT2D eigenvalue weighted by molar-refractivity contribution is 5.78. The van der Waals surface area contributed by atoms with Gasteiger partial charge in [-0.05, 0) is 372 Å². The molecular weight excluding hydrogens is 1730 g/mol. The second-order valence-electron chi connectivity index (χ2n) is 48.3. The number of nitrogens with one attached hydrogen (secondary N) is 1. The molecule has 1 atom stereocenters. The number of likely N-dealkylation sites (N-methyl/N-ethyl adjacent to an activating group) is 4. The van der Waals surface area contributed by atoms with Gasteiger partial charge in [-0.15, -0.1) is 0 Å². The van der Waals surface area contributed by atoms with Gasteiger partial charge in [0.25, 0.3) is 0 Å². The number of β-amino-alcohol motifs (C(OH)–C–C–N with tert-alkyl or cyclic N) is 1. The van der Waals surface area contributed by atoms with E-state index in [4.69, 9.17) is 15.3 Å². The molecule has 13 saturated heterocycles. The van der Waals surface area contributed by atoms with Gasteiger partial charge in [-0.25, -0.2) is 4.79 Å². The van der Waals surface area contributed by atoms with Crippen LogP contribution in [0.3, 0.4) is 0 Å². The number of hydrogen-bond donors (Lipinski definition) is 4. The number of amides is 1. The van der Waals surface area contributed by atoms with E-state index in [2.05, 4.69) is 278 Å². The zero-order valence-electron chi connectivity index (χ0n) is 98.7. The predicted octanol–water partition coefficient (Wildman–Crippen LogP) is 20.4. The number of methoxy groups -OCH3 is 2. The number of carbonyl (C=O) groups excluding carboxylic acids is 2. The summed E-state index contributed by atoms with van der Waals surface area (Å²) in [6, 6.07) is 0. The summed E-state index contributed by atoms with van der Waals surface area (Å²) in [4.78, 5) is 56.1. The molecule has 16 aliphatic rings. The number of aliphatic hydroxyl groups excluding tert-OH is 3. The van der Waals surface area contributed by atoms with Gasteiger partial charge in [-0.1, -0.05) is 206 Å². The van der Waals surface area contributed by atoms with E-state index in [1.807, 2.05) is 14.0 Å². The Morgan fingerprint density at radius 2 is 0.640 bits per heavy atom. The summed E-state index contributed by atoms with van der Waals surface area (Å²) in [5.41, 5.74) is 2.94. The van der Waals surface area contributed by atoms with Gasteiger partial charge < -0.3 is 104 Å². The summed E-state index contributed by atoms with van der Waals surface area (Å²) in [7, 11) is 31.0. The van der Waals surface area contributed by atoms with Crippen LogP contribution in [0, 0.1) is 57.7 Å². The quantitative estimate of drug-likeness (QED) is 0.185. The zero-order valence-corrected chi connectivity index (χ0v) is 98.7. The molecule has 3 aliphatic carbocycles. The van der Waals surface area contributed by atoms with Crippen LogP contribution in [0.2, 0.25) is 0 Å². The van der Waals surface area contributed by atoms with Crippen LogP contribution in [0.25, 0.3) is 0 Å². The zero-order chi connectivity index (χ0) is 105. The number of allylic oxidation sites excluding steroid dienone is 2. The Bertz CT molecular complexity index is 2520. The molecule has 23 nitrogen and oxygen atoms in total. The highest BCUT2D eigenvalue weighted by Gasteiger charge is 2.31. The lowest BCUT2D eigenvalue weighted by Gasteiger charge is -2.43. The topological polar surface area (TPSA) is 174 Å². The van der Waals surface area contributed by atoms with Gasteiger partial charge in [0.05, 0.1) is 25.1 Å². The molecule has 1 unspecified atom stereocenters. The molecule has 0 radical (unpaired) electrons. The normalized spacial score (nSPS) is 24.1. The van der Waals surface area contributed by atoms with Gasteiger partial charge in [0.2, 0.25) is 0 Å². The molecule has 16 rings (SSSR count). The van der Waals surface area contributed by atoms with Crippen LogP contribution in [-0.4, -0.2) is 435 Å². The third-order valence-corrected chi connectivity index (χ3v) is 29.8. The first-order valence-corrected chi connectivity index (χ1v) is 57.1. The third-order valence-electron chi connectivity index (χ3n) is 29.8. The van der Waals surface area contributed by atoms with Gasteiger partial charge in [0.1, 0.15) is 5.78 Å². The fraction of sp³-hybridized carbons (Fsp3) is 0.948. The third kappa shape index (κ3) is 88.0. The largest absolute Gasteiger partial charge is 0.513 e. The van der Waals surface area contributed by atoms with Crippen LogP contribution >= 0.6 is 0 Å². The number of nitrogens with zero attached hydrogens (tertiary/aromatic N) is 15. The summed E-state index contributed by atoms with van der Waals surface area (Å²) in [6.07, 6.45) is 45.6. The number of piperazine rings is 3. The van der Waals surface area contributed by atoms with E-state index in [0.29, 0.717) is 39.6 Å². The Morgan fingerprint density at radius 1 is 0.345 bits per heavy atom. The lowest BCUT2D eigenvalue weighted by atomic mass is 9.83. The molecule has 0 aromatic carbocycles. The minimum Gasteiger partial charge on any atom is -0.513 e. The smallest absolute Gasteiger partial charge is 0.409 e. The molecule has 3 saturated carbocycles. The minimum absolute atomic E-state index is 0.0220. The maximum Gasteiger partial charge on any atom is 0.409 e. The molecule has 4 N–H and O–H groups in total. The Morgan fingerprint density at radius 3 is 0.856 bits per heavy atom. The van der Waals surface area contributed by atoms with Crippen molar-refractivity contribution in [2.45, 2.75) is 341 Å². The Labute approximate surface area is 865 Å². The Balaban J connectivity index is 0. The highest BCUT2D eigenvalue weighted by Crippen LogP contribution is 2.31.